The number of hydrogen-bond donors (Lipinski definition) is 1. The molecule has 1 saturated carbocycles. The molecular formula is C16H20N2. The summed E-state index contributed by atoms with van der Waals surface area (Å²) >= 11 is 0. The molecule has 2 heteroatoms. The molecule has 0 saturated heterocycles. The zero-order chi connectivity index (χ0) is 12.4. The molecule has 1 aromatic heterocycles. The number of nitrogens with zero attached hydrogens (tertiary/aromatic N) is 1. The lowest BCUT2D eigenvalue weighted by atomic mass is 10.1. The van der Waals surface area contributed by atoms with Gasteiger partial charge in [-0.1, -0.05) is 25.0 Å². The third-order valence-electron chi connectivity index (χ3n) is 3.84. The molecule has 3 rings (SSSR count). The van der Waals surface area contributed by atoms with E-state index in [1.165, 1.54) is 36.6 Å². The number of aromatic nitrogens is 1. The van der Waals surface area contributed by atoms with E-state index >= 15 is 0 Å². The van der Waals surface area contributed by atoms with Gasteiger partial charge in [-0.25, -0.2) is 0 Å². The molecule has 1 aliphatic rings. The first-order valence-corrected chi connectivity index (χ1v) is 6.91. The number of hydrogen-bond acceptors (Lipinski definition) is 2. The minimum atomic E-state index is 0.733. The summed E-state index contributed by atoms with van der Waals surface area (Å²) in [6, 6.07) is 11.6. The molecule has 0 amide bonds. The maximum Gasteiger partial charge on any atom is 0.0705 e. The van der Waals surface area contributed by atoms with Crippen LogP contribution in [0.1, 0.15) is 36.9 Å². The Morgan fingerprint density at radius 2 is 2.00 bits per heavy atom. The summed E-state index contributed by atoms with van der Waals surface area (Å²) in [5, 5.41) is 4.90. The topological polar surface area (TPSA) is 24.9 Å². The van der Waals surface area contributed by atoms with Crippen LogP contribution in [0, 0.1) is 6.92 Å². The van der Waals surface area contributed by atoms with Gasteiger partial charge in [0.2, 0.25) is 0 Å². The first kappa shape index (κ1) is 11.7. The van der Waals surface area contributed by atoms with Gasteiger partial charge in [0, 0.05) is 23.7 Å². The summed E-state index contributed by atoms with van der Waals surface area (Å²) < 4.78 is 0. The number of aryl methyl sites for hydroxylation is 1. The van der Waals surface area contributed by atoms with E-state index in [9.17, 15) is 0 Å². The van der Waals surface area contributed by atoms with Crippen molar-refractivity contribution in [2.75, 3.05) is 0 Å². The van der Waals surface area contributed by atoms with Crippen LogP contribution in [-0.2, 0) is 6.54 Å². The van der Waals surface area contributed by atoms with Crippen molar-refractivity contribution in [2.45, 2.75) is 45.2 Å². The second kappa shape index (κ2) is 5.07. The molecule has 94 valence electrons. The highest BCUT2D eigenvalue weighted by Gasteiger charge is 2.13. The van der Waals surface area contributed by atoms with Gasteiger partial charge in [0.05, 0.1) is 5.52 Å². The van der Waals surface area contributed by atoms with Crippen LogP contribution in [0.15, 0.2) is 30.3 Å². The zero-order valence-corrected chi connectivity index (χ0v) is 10.9. The van der Waals surface area contributed by atoms with Crippen LogP contribution in [0.2, 0.25) is 0 Å². The summed E-state index contributed by atoms with van der Waals surface area (Å²) in [7, 11) is 0. The quantitative estimate of drug-likeness (QED) is 0.887. The molecule has 0 atom stereocenters. The molecule has 1 aliphatic carbocycles. The minimum absolute atomic E-state index is 0.733. The van der Waals surface area contributed by atoms with E-state index in [4.69, 9.17) is 0 Å². The first-order chi connectivity index (χ1) is 8.81. The van der Waals surface area contributed by atoms with E-state index in [-0.39, 0.29) is 0 Å². The zero-order valence-electron chi connectivity index (χ0n) is 10.9. The SMILES string of the molecule is Cc1ccc2cc(CNC3CCCC3)ccc2n1. The average molecular weight is 240 g/mol. The van der Waals surface area contributed by atoms with Gasteiger partial charge in [-0.15, -0.1) is 0 Å². The predicted octanol–water partition coefficient (Wildman–Crippen LogP) is 3.58. The van der Waals surface area contributed by atoms with Crippen LogP contribution < -0.4 is 5.32 Å². The Kier molecular flexibility index (Phi) is 3.28. The summed E-state index contributed by atoms with van der Waals surface area (Å²) in [6.45, 7) is 3.02. The van der Waals surface area contributed by atoms with Gasteiger partial charge in [0.1, 0.15) is 0 Å². The van der Waals surface area contributed by atoms with Crippen LogP contribution in [0.5, 0.6) is 0 Å². The molecule has 0 radical (unpaired) electrons. The molecule has 1 aromatic carbocycles. The molecule has 0 unspecified atom stereocenters. The lowest BCUT2D eigenvalue weighted by Crippen LogP contribution is -2.25. The third-order valence-corrected chi connectivity index (χ3v) is 3.84. The normalized spacial score (nSPS) is 16.5. The lowest BCUT2D eigenvalue weighted by Gasteiger charge is -2.12. The monoisotopic (exact) mass is 240 g/mol. The largest absolute Gasteiger partial charge is 0.310 e. The molecule has 1 N–H and O–H groups in total. The summed E-state index contributed by atoms with van der Waals surface area (Å²) in [5.74, 6) is 0. The Balaban J connectivity index is 1.74. The van der Waals surface area contributed by atoms with E-state index in [2.05, 4.69) is 40.6 Å². The van der Waals surface area contributed by atoms with Gasteiger partial charge >= 0.3 is 0 Å². The summed E-state index contributed by atoms with van der Waals surface area (Å²) in [6.07, 6.45) is 5.46. The summed E-state index contributed by atoms with van der Waals surface area (Å²) in [4.78, 5) is 4.53. The second-order valence-corrected chi connectivity index (χ2v) is 5.34. The van der Waals surface area contributed by atoms with Crippen molar-refractivity contribution in [1.29, 1.82) is 0 Å². The van der Waals surface area contributed by atoms with Crippen LogP contribution in [0.4, 0.5) is 0 Å². The molecule has 2 nitrogen and oxygen atoms in total. The van der Waals surface area contributed by atoms with Gasteiger partial charge < -0.3 is 5.32 Å². The Bertz CT molecular complexity index is 542. The standard InChI is InChI=1S/C16H20N2/c1-12-6-8-14-10-13(7-9-16(14)18-12)11-17-15-4-2-3-5-15/h6-10,15,17H,2-5,11H2,1H3. The fraction of sp³-hybridized carbons (Fsp3) is 0.438. The highest BCUT2D eigenvalue weighted by molar-refractivity contribution is 5.79. The van der Waals surface area contributed by atoms with Crippen LogP contribution >= 0.6 is 0 Å². The van der Waals surface area contributed by atoms with E-state index in [0.717, 1.165) is 23.8 Å². The van der Waals surface area contributed by atoms with Crippen molar-refractivity contribution in [1.82, 2.24) is 10.3 Å². The fourth-order valence-corrected chi connectivity index (χ4v) is 2.78. The van der Waals surface area contributed by atoms with Crippen LogP contribution in [0.3, 0.4) is 0 Å². The maximum atomic E-state index is 4.53. The third kappa shape index (κ3) is 2.54. The van der Waals surface area contributed by atoms with Gasteiger partial charge in [-0.3, -0.25) is 4.98 Å². The lowest BCUT2D eigenvalue weighted by molar-refractivity contribution is 0.524. The van der Waals surface area contributed by atoms with Crippen LogP contribution in [-0.4, -0.2) is 11.0 Å². The van der Waals surface area contributed by atoms with Crippen molar-refractivity contribution >= 4 is 10.9 Å². The minimum Gasteiger partial charge on any atom is -0.310 e. The molecule has 2 aromatic rings. The smallest absolute Gasteiger partial charge is 0.0705 e. The van der Waals surface area contributed by atoms with Crippen molar-refractivity contribution in [2.24, 2.45) is 0 Å². The number of fused-ring (bicyclic) bond motifs is 1. The molecule has 1 heterocycles. The van der Waals surface area contributed by atoms with Crippen molar-refractivity contribution in [3.8, 4) is 0 Å². The molecule has 0 bridgehead atoms. The van der Waals surface area contributed by atoms with E-state index in [1.807, 2.05) is 6.92 Å². The van der Waals surface area contributed by atoms with Gasteiger partial charge in [-0.05, 0) is 43.5 Å². The fourth-order valence-electron chi connectivity index (χ4n) is 2.78. The van der Waals surface area contributed by atoms with E-state index < -0.39 is 0 Å². The van der Waals surface area contributed by atoms with Crippen molar-refractivity contribution in [3.05, 3.63) is 41.6 Å². The molecule has 1 fully saturated rings. The van der Waals surface area contributed by atoms with Crippen molar-refractivity contribution < 1.29 is 0 Å². The Morgan fingerprint density at radius 1 is 1.17 bits per heavy atom. The number of benzene rings is 1. The Hall–Kier alpha value is -1.41. The highest BCUT2D eigenvalue weighted by atomic mass is 14.9. The van der Waals surface area contributed by atoms with Crippen molar-refractivity contribution in [3.63, 3.8) is 0 Å². The molecule has 0 spiro atoms. The molecular weight excluding hydrogens is 220 g/mol. The second-order valence-electron chi connectivity index (χ2n) is 5.34. The predicted molar refractivity (Wildman–Crippen MR) is 75.6 cm³/mol. The molecule has 18 heavy (non-hydrogen) atoms. The number of pyridine rings is 1. The number of nitrogens with one attached hydrogen (secondary N) is 1. The first-order valence-electron chi connectivity index (χ1n) is 6.91. The van der Waals surface area contributed by atoms with E-state index in [0.29, 0.717) is 0 Å². The number of rotatable bonds is 3. The van der Waals surface area contributed by atoms with Gasteiger partial charge in [0.15, 0.2) is 0 Å². The van der Waals surface area contributed by atoms with Gasteiger partial charge in [0.25, 0.3) is 0 Å². The highest BCUT2D eigenvalue weighted by Crippen LogP contribution is 2.19. The van der Waals surface area contributed by atoms with Gasteiger partial charge in [-0.2, -0.15) is 0 Å². The Labute approximate surface area is 108 Å². The Morgan fingerprint density at radius 3 is 2.83 bits per heavy atom. The summed E-state index contributed by atoms with van der Waals surface area (Å²) in [5.41, 5.74) is 3.54. The van der Waals surface area contributed by atoms with E-state index in [1.54, 1.807) is 0 Å². The average Bonchev–Trinajstić information content (AvgIpc) is 2.89. The van der Waals surface area contributed by atoms with Crippen LogP contribution in [0.25, 0.3) is 10.9 Å². The molecule has 0 aliphatic heterocycles. The maximum absolute atomic E-state index is 4.53.